The first-order chi connectivity index (χ1) is 9.90. The lowest BCUT2D eigenvalue weighted by Gasteiger charge is -2.11. The van der Waals surface area contributed by atoms with Gasteiger partial charge in [-0.25, -0.2) is 4.79 Å². The van der Waals surface area contributed by atoms with Gasteiger partial charge in [0.05, 0.1) is 0 Å². The molecule has 0 saturated carbocycles. The van der Waals surface area contributed by atoms with Gasteiger partial charge in [0.1, 0.15) is 11.5 Å². The van der Waals surface area contributed by atoms with Crippen molar-refractivity contribution in [1.29, 1.82) is 0 Å². The summed E-state index contributed by atoms with van der Waals surface area (Å²) in [6.45, 7) is 0.437. The number of rotatable bonds is 4. The lowest BCUT2D eigenvalue weighted by molar-refractivity contribution is 0.812. The standard InChI is InChI=1S/C13H14Cl2N4O2/c1-19-11(16)10(12(20)18-13(19)21)17-5-4-7-2-3-8(14)6-9(7)15/h2-3,6,17H,4-5,16H2,1H3,(H,18,20,21). The molecule has 0 atom stereocenters. The molecule has 0 spiro atoms. The van der Waals surface area contributed by atoms with Crippen LogP contribution < -0.4 is 22.3 Å². The molecule has 4 N–H and O–H groups in total. The molecular formula is C13H14Cl2N4O2. The van der Waals surface area contributed by atoms with Crippen molar-refractivity contribution in [3.05, 3.63) is 54.6 Å². The Morgan fingerprint density at radius 2 is 2.05 bits per heavy atom. The van der Waals surface area contributed by atoms with Crippen LogP contribution in [0.2, 0.25) is 10.0 Å². The first-order valence-corrected chi connectivity index (χ1v) is 6.92. The summed E-state index contributed by atoms with van der Waals surface area (Å²) < 4.78 is 1.17. The zero-order chi connectivity index (χ0) is 15.6. The number of aromatic amines is 1. The molecule has 1 heterocycles. The van der Waals surface area contributed by atoms with Gasteiger partial charge < -0.3 is 11.1 Å². The van der Waals surface area contributed by atoms with Crippen LogP contribution in [0.25, 0.3) is 0 Å². The van der Waals surface area contributed by atoms with Crippen molar-refractivity contribution in [2.45, 2.75) is 6.42 Å². The summed E-state index contributed by atoms with van der Waals surface area (Å²) in [5.41, 5.74) is 5.72. The third-order valence-corrected chi connectivity index (χ3v) is 3.67. The molecule has 0 aliphatic carbocycles. The molecule has 1 aromatic carbocycles. The number of nitrogens with one attached hydrogen (secondary N) is 2. The van der Waals surface area contributed by atoms with Crippen LogP contribution in [-0.4, -0.2) is 16.1 Å². The normalized spacial score (nSPS) is 10.6. The molecule has 0 aliphatic heterocycles. The molecule has 0 amide bonds. The summed E-state index contributed by atoms with van der Waals surface area (Å²) in [7, 11) is 1.48. The monoisotopic (exact) mass is 328 g/mol. The Morgan fingerprint density at radius 1 is 1.33 bits per heavy atom. The highest BCUT2D eigenvalue weighted by Gasteiger charge is 2.09. The Bertz CT molecular complexity index is 783. The minimum atomic E-state index is -0.552. The molecule has 2 rings (SSSR count). The maximum absolute atomic E-state index is 11.7. The van der Waals surface area contributed by atoms with Crippen LogP contribution in [0.3, 0.4) is 0 Å². The maximum atomic E-state index is 11.7. The van der Waals surface area contributed by atoms with Crippen LogP contribution in [0.1, 0.15) is 5.56 Å². The minimum absolute atomic E-state index is 0.0888. The molecule has 2 aromatic rings. The van der Waals surface area contributed by atoms with Crippen molar-refractivity contribution in [1.82, 2.24) is 9.55 Å². The predicted octanol–water partition coefficient (Wildman–Crippen LogP) is 1.62. The van der Waals surface area contributed by atoms with Gasteiger partial charge in [-0.15, -0.1) is 0 Å². The summed E-state index contributed by atoms with van der Waals surface area (Å²) >= 11 is 11.9. The van der Waals surface area contributed by atoms with Gasteiger partial charge in [0.2, 0.25) is 0 Å². The molecule has 0 saturated heterocycles. The smallest absolute Gasteiger partial charge is 0.329 e. The maximum Gasteiger partial charge on any atom is 0.329 e. The fourth-order valence-corrected chi connectivity index (χ4v) is 2.36. The van der Waals surface area contributed by atoms with Gasteiger partial charge in [0.25, 0.3) is 5.56 Å². The van der Waals surface area contributed by atoms with E-state index in [0.29, 0.717) is 23.0 Å². The lowest BCUT2D eigenvalue weighted by Crippen LogP contribution is -2.32. The second kappa shape index (κ2) is 6.24. The van der Waals surface area contributed by atoms with Crippen LogP contribution in [0.15, 0.2) is 27.8 Å². The van der Waals surface area contributed by atoms with E-state index in [9.17, 15) is 9.59 Å². The van der Waals surface area contributed by atoms with E-state index in [1.807, 2.05) is 6.07 Å². The molecule has 0 aliphatic rings. The average molecular weight is 329 g/mol. The largest absolute Gasteiger partial charge is 0.383 e. The fraction of sp³-hybridized carbons (Fsp3) is 0.231. The van der Waals surface area contributed by atoms with Crippen molar-refractivity contribution < 1.29 is 0 Å². The summed E-state index contributed by atoms with van der Waals surface area (Å²) in [6, 6.07) is 5.22. The number of anilines is 2. The van der Waals surface area contributed by atoms with Gasteiger partial charge >= 0.3 is 5.69 Å². The van der Waals surface area contributed by atoms with Crippen molar-refractivity contribution in [3.8, 4) is 0 Å². The average Bonchev–Trinajstić information content (AvgIpc) is 2.42. The molecule has 21 heavy (non-hydrogen) atoms. The summed E-state index contributed by atoms with van der Waals surface area (Å²) in [5.74, 6) is 0.0888. The van der Waals surface area contributed by atoms with Gasteiger partial charge in [-0.2, -0.15) is 0 Å². The van der Waals surface area contributed by atoms with Crippen LogP contribution >= 0.6 is 23.2 Å². The predicted molar refractivity (Wildman–Crippen MR) is 85.4 cm³/mol. The first kappa shape index (κ1) is 15.5. The van der Waals surface area contributed by atoms with E-state index >= 15 is 0 Å². The summed E-state index contributed by atoms with van der Waals surface area (Å²) in [6.07, 6.45) is 0.581. The zero-order valence-electron chi connectivity index (χ0n) is 11.2. The number of hydrogen-bond donors (Lipinski definition) is 3. The second-order valence-corrected chi connectivity index (χ2v) is 5.33. The number of benzene rings is 1. The molecule has 0 unspecified atom stereocenters. The van der Waals surface area contributed by atoms with Gasteiger partial charge in [0.15, 0.2) is 0 Å². The van der Waals surface area contributed by atoms with Crippen molar-refractivity contribution in [3.63, 3.8) is 0 Å². The topological polar surface area (TPSA) is 92.9 Å². The van der Waals surface area contributed by atoms with E-state index < -0.39 is 11.2 Å². The SMILES string of the molecule is Cn1c(N)c(NCCc2ccc(Cl)cc2Cl)c(=O)[nH]c1=O. The van der Waals surface area contributed by atoms with Crippen molar-refractivity contribution in [2.75, 3.05) is 17.6 Å². The van der Waals surface area contributed by atoms with Crippen molar-refractivity contribution >= 4 is 34.7 Å². The zero-order valence-corrected chi connectivity index (χ0v) is 12.8. The van der Waals surface area contributed by atoms with E-state index in [2.05, 4.69) is 10.3 Å². The van der Waals surface area contributed by atoms with E-state index in [0.717, 1.165) is 5.56 Å². The number of nitrogens with zero attached hydrogens (tertiary/aromatic N) is 1. The third kappa shape index (κ3) is 3.40. The first-order valence-electron chi connectivity index (χ1n) is 6.16. The summed E-state index contributed by atoms with van der Waals surface area (Å²) in [5, 5.41) is 4.05. The number of aromatic nitrogens is 2. The third-order valence-electron chi connectivity index (χ3n) is 3.08. The van der Waals surface area contributed by atoms with Crippen LogP contribution in [0, 0.1) is 0 Å². The highest BCUT2D eigenvalue weighted by molar-refractivity contribution is 6.35. The Kier molecular flexibility index (Phi) is 4.59. The van der Waals surface area contributed by atoms with E-state index in [4.69, 9.17) is 28.9 Å². The van der Waals surface area contributed by atoms with E-state index in [1.165, 1.54) is 11.6 Å². The number of H-pyrrole nitrogens is 1. The molecular weight excluding hydrogens is 315 g/mol. The summed E-state index contributed by atoms with van der Waals surface area (Å²) in [4.78, 5) is 25.2. The van der Waals surface area contributed by atoms with E-state index in [-0.39, 0.29) is 11.5 Å². The fourth-order valence-electron chi connectivity index (χ4n) is 1.85. The minimum Gasteiger partial charge on any atom is -0.383 e. The molecule has 0 radical (unpaired) electrons. The Labute approximate surface area is 130 Å². The molecule has 1 aromatic heterocycles. The highest BCUT2D eigenvalue weighted by Crippen LogP contribution is 2.21. The number of nitrogen functional groups attached to an aromatic ring is 1. The molecule has 112 valence electrons. The van der Waals surface area contributed by atoms with Gasteiger partial charge in [-0.3, -0.25) is 14.3 Å². The Morgan fingerprint density at radius 3 is 2.71 bits per heavy atom. The molecule has 8 heteroatoms. The van der Waals surface area contributed by atoms with E-state index in [1.54, 1.807) is 12.1 Å². The van der Waals surface area contributed by atoms with Crippen molar-refractivity contribution in [2.24, 2.45) is 7.05 Å². The van der Waals surface area contributed by atoms with Crippen LogP contribution in [0.5, 0.6) is 0 Å². The van der Waals surface area contributed by atoms with Crippen LogP contribution in [0.4, 0.5) is 11.5 Å². The van der Waals surface area contributed by atoms with Gasteiger partial charge in [-0.05, 0) is 24.1 Å². The lowest BCUT2D eigenvalue weighted by atomic mass is 10.1. The molecule has 6 nitrogen and oxygen atoms in total. The van der Waals surface area contributed by atoms with Gasteiger partial charge in [0, 0.05) is 23.6 Å². The quantitative estimate of drug-likeness (QED) is 0.795. The highest BCUT2D eigenvalue weighted by atomic mass is 35.5. The van der Waals surface area contributed by atoms with Gasteiger partial charge in [-0.1, -0.05) is 29.3 Å². The van der Waals surface area contributed by atoms with Crippen LogP contribution in [-0.2, 0) is 13.5 Å². The second-order valence-electron chi connectivity index (χ2n) is 4.49. The number of hydrogen-bond acceptors (Lipinski definition) is 4. The Hall–Kier alpha value is -1.92. The molecule has 0 fully saturated rings. The number of nitrogens with two attached hydrogens (primary N) is 1. The Balaban J connectivity index is 2.13. The number of halogens is 2. The molecule has 0 bridgehead atoms.